The van der Waals surface area contributed by atoms with Gasteiger partial charge in [-0.25, -0.2) is 0 Å². The Bertz CT molecular complexity index is 790. The molecule has 0 amide bonds. The van der Waals surface area contributed by atoms with E-state index in [0.29, 0.717) is 6.54 Å². The number of hydrogen-bond donors (Lipinski definition) is 2. The van der Waals surface area contributed by atoms with Crippen molar-refractivity contribution in [1.82, 2.24) is 9.97 Å². The number of nitrogens with one attached hydrogen (secondary N) is 1. The van der Waals surface area contributed by atoms with E-state index in [2.05, 4.69) is 31.2 Å². The standard InChI is InChI=1S/C17H16BrN3O/c1-11-2-4-12(5-3-11)16(22)10-20-14-6-7-19-15-8-13(18)9-21-17(14)15/h2-9,16,22H,10H2,1H3,(H,19,20). The van der Waals surface area contributed by atoms with Crippen LogP contribution in [-0.2, 0) is 0 Å². The van der Waals surface area contributed by atoms with Crippen LogP contribution < -0.4 is 5.32 Å². The number of pyridine rings is 2. The van der Waals surface area contributed by atoms with Crippen LogP contribution in [-0.4, -0.2) is 21.6 Å². The molecule has 0 saturated heterocycles. The molecule has 0 bridgehead atoms. The van der Waals surface area contributed by atoms with E-state index in [0.717, 1.165) is 26.8 Å². The molecule has 0 radical (unpaired) electrons. The molecule has 0 spiro atoms. The first-order valence-corrected chi connectivity index (χ1v) is 7.81. The molecule has 5 heteroatoms. The van der Waals surface area contributed by atoms with E-state index in [-0.39, 0.29) is 0 Å². The third-order valence-electron chi connectivity index (χ3n) is 3.49. The third kappa shape index (κ3) is 3.26. The van der Waals surface area contributed by atoms with Crippen molar-refractivity contribution in [2.24, 2.45) is 0 Å². The first-order chi connectivity index (χ1) is 10.6. The topological polar surface area (TPSA) is 58.0 Å². The van der Waals surface area contributed by atoms with Gasteiger partial charge in [-0.2, -0.15) is 0 Å². The normalized spacial score (nSPS) is 12.3. The quantitative estimate of drug-likeness (QED) is 0.744. The number of aliphatic hydroxyl groups excluding tert-OH is 1. The summed E-state index contributed by atoms with van der Waals surface area (Å²) < 4.78 is 0.893. The second kappa shape index (κ2) is 6.42. The molecule has 0 aliphatic heterocycles. The molecule has 0 fully saturated rings. The lowest BCUT2D eigenvalue weighted by molar-refractivity contribution is 0.191. The van der Waals surface area contributed by atoms with Gasteiger partial charge in [-0.3, -0.25) is 9.97 Å². The number of hydrogen-bond acceptors (Lipinski definition) is 4. The van der Waals surface area contributed by atoms with E-state index >= 15 is 0 Å². The fraction of sp³-hybridized carbons (Fsp3) is 0.176. The highest BCUT2D eigenvalue weighted by atomic mass is 79.9. The average Bonchev–Trinajstić information content (AvgIpc) is 2.52. The van der Waals surface area contributed by atoms with Gasteiger partial charge in [0.25, 0.3) is 0 Å². The Kier molecular flexibility index (Phi) is 4.36. The molecule has 1 atom stereocenters. The Morgan fingerprint density at radius 1 is 1.18 bits per heavy atom. The molecule has 0 saturated carbocycles. The van der Waals surface area contributed by atoms with Crippen LogP contribution in [0, 0.1) is 6.92 Å². The van der Waals surface area contributed by atoms with Crippen molar-refractivity contribution in [1.29, 1.82) is 0 Å². The zero-order valence-corrected chi connectivity index (χ0v) is 13.7. The predicted octanol–water partition coefficient (Wildman–Crippen LogP) is 3.85. The predicted molar refractivity (Wildman–Crippen MR) is 91.9 cm³/mol. The van der Waals surface area contributed by atoms with Crippen molar-refractivity contribution >= 4 is 32.7 Å². The zero-order chi connectivity index (χ0) is 15.5. The average molecular weight is 358 g/mol. The molecular weight excluding hydrogens is 342 g/mol. The molecular formula is C17H16BrN3O. The van der Waals surface area contributed by atoms with Crippen LogP contribution in [0.4, 0.5) is 5.69 Å². The second-order valence-electron chi connectivity index (χ2n) is 5.19. The minimum Gasteiger partial charge on any atom is -0.387 e. The van der Waals surface area contributed by atoms with Crippen molar-refractivity contribution in [2.75, 3.05) is 11.9 Å². The Hall–Kier alpha value is -1.98. The van der Waals surface area contributed by atoms with Gasteiger partial charge in [0.1, 0.15) is 5.52 Å². The first kappa shape index (κ1) is 14.9. The van der Waals surface area contributed by atoms with Crippen molar-refractivity contribution in [3.8, 4) is 0 Å². The number of aliphatic hydroxyl groups is 1. The maximum atomic E-state index is 10.3. The molecule has 3 rings (SSSR count). The summed E-state index contributed by atoms with van der Waals surface area (Å²) in [6.07, 6.45) is 2.90. The van der Waals surface area contributed by atoms with Gasteiger partial charge in [-0.05, 0) is 40.5 Å². The molecule has 112 valence electrons. The summed E-state index contributed by atoms with van der Waals surface area (Å²) in [7, 11) is 0. The summed E-state index contributed by atoms with van der Waals surface area (Å²) in [5.74, 6) is 0. The molecule has 1 unspecified atom stereocenters. The van der Waals surface area contributed by atoms with Crippen molar-refractivity contribution in [3.63, 3.8) is 0 Å². The van der Waals surface area contributed by atoms with Crippen molar-refractivity contribution in [2.45, 2.75) is 13.0 Å². The summed E-state index contributed by atoms with van der Waals surface area (Å²) in [6.45, 7) is 2.45. The van der Waals surface area contributed by atoms with E-state index in [4.69, 9.17) is 0 Å². The van der Waals surface area contributed by atoms with Gasteiger partial charge in [0, 0.05) is 23.4 Å². The lowest BCUT2D eigenvalue weighted by Gasteiger charge is -2.14. The number of fused-ring (bicyclic) bond motifs is 1. The number of rotatable bonds is 4. The Morgan fingerprint density at radius 3 is 2.73 bits per heavy atom. The van der Waals surface area contributed by atoms with Crippen LogP contribution in [0.2, 0.25) is 0 Å². The summed E-state index contributed by atoms with van der Waals surface area (Å²) in [4.78, 5) is 8.69. The SMILES string of the molecule is Cc1ccc(C(O)CNc2ccnc3cc(Br)cnc23)cc1. The summed E-state index contributed by atoms with van der Waals surface area (Å²) in [6, 6.07) is 11.7. The van der Waals surface area contributed by atoms with Gasteiger partial charge in [-0.1, -0.05) is 29.8 Å². The Balaban J connectivity index is 1.77. The molecule has 22 heavy (non-hydrogen) atoms. The van der Waals surface area contributed by atoms with E-state index in [1.165, 1.54) is 5.56 Å². The summed E-state index contributed by atoms with van der Waals surface area (Å²) >= 11 is 3.39. The van der Waals surface area contributed by atoms with Gasteiger partial charge >= 0.3 is 0 Å². The minimum atomic E-state index is -0.570. The highest BCUT2D eigenvalue weighted by Gasteiger charge is 2.09. The Labute approximate surface area is 137 Å². The molecule has 2 aromatic heterocycles. The van der Waals surface area contributed by atoms with Gasteiger partial charge in [-0.15, -0.1) is 0 Å². The van der Waals surface area contributed by atoms with Gasteiger partial charge in [0.05, 0.1) is 17.3 Å². The lowest BCUT2D eigenvalue weighted by Crippen LogP contribution is -2.12. The van der Waals surface area contributed by atoms with E-state index < -0.39 is 6.10 Å². The summed E-state index contributed by atoms with van der Waals surface area (Å²) in [5.41, 5.74) is 4.54. The molecule has 0 aliphatic carbocycles. The monoisotopic (exact) mass is 357 g/mol. The van der Waals surface area contributed by atoms with Crippen LogP contribution in [0.1, 0.15) is 17.2 Å². The highest BCUT2D eigenvalue weighted by Crippen LogP contribution is 2.23. The van der Waals surface area contributed by atoms with Crippen LogP contribution >= 0.6 is 15.9 Å². The van der Waals surface area contributed by atoms with Gasteiger partial charge < -0.3 is 10.4 Å². The van der Waals surface area contributed by atoms with Gasteiger partial charge in [0.15, 0.2) is 0 Å². The number of aromatic nitrogens is 2. The minimum absolute atomic E-state index is 0.417. The van der Waals surface area contributed by atoms with Crippen molar-refractivity contribution in [3.05, 3.63) is 64.4 Å². The van der Waals surface area contributed by atoms with Crippen LogP contribution in [0.15, 0.2) is 53.3 Å². The molecule has 2 heterocycles. The summed E-state index contributed by atoms with van der Waals surface area (Å²) in [5, 5.41) is 13.5. The largest absolute Gasteiger partial charge is 0.387 e. The second-order valence-corrected chi connectivity index (χ2v) is 6.10. The lowest BCUT2D eigenvalue weighted by atomic mass is 10.1. The fourth-order valence-corrected chi connectivity index (χ4v) is 2.58. The number of benzene rings is 1. The molecule has 0 aliphatic rings. The number of halogens is 1. The van der Waals surface area contributed by atoms with Crippen LogP contribution in [0.3, 0.4) is 0 Å². The third-order valence-corrected chi connectivity index (χ3v) is 3.93. The van der Waals surface area contributed by atoms with E-state index in [1.807, 2.05) is 43.3 Å². The van der Waals surface area contributed by atoms with Crippen molar-refractivity contribution < 1.29 is 5.11 Å². The number of aryl methyl sites for hydroxylation is 1. The molecule has 4 nitrogen and oxygen atoms in total. The van der Waals surface area contributed by atoms with Gasteiger partial charge in [0.2, 0.25) is 0 Å². The van der Waals surface area contributed by atoms with Crippen LogP contribution in [0.5, 0.6) is 0 Å². The number of nitrogens with zero attached hydrogens (tertiary/aromatic N) is 2. The maximum Gasteiger partial charge on any atom is 0.112 e. The smallest absolute Gasteiger partial charge is 0.112 e. The van der Waals surface area contributed by atoms with E-state index in [1.54, 1.807) is 12.4 Å². The molecule has 2 N–H and O–H groups in total. The zero-order valence-electron chi connectivity index (χ0n) is 12.1. The molecule has 1 aromatic carbocycles. The fourth-order valence-electron chi connectivity index (χ4n) is 2.26. The van der Waals surface area contributed by atoms with E-state index in [9.17, 15) is 5.11 Å². The molecule has 3 aromatic rings. The first-order valence-electron chi connectivity index (χ1n) is 7.02. The maximum absolute atomic E-state index is 10.3. The highest BCUT2D eigenvalue weighted by molar-refractivity contribution is 9.10. The number of anilines is 1. The Morgan fingerprint density at radius 2 is 1.95 bits per heavy atom. The van der Waals surface area contributed by atoms with Crippen LogP contribution in [0.25, 0.3) is 11.0 Å².